The van der Waals surface area contributed by atoms with E-state index in [2.05, 4.69) is 15.3 Å². The van der Waals surface area contributed by atoms with E-state index < -0.39 is 0 Å². The monoisotopic (exact) mass is 385 g/mol. The maximum atomic E-state index is 12.0. The molecule has 3 rings (SSSR count). The lowest BCUT2D eigenvalue weighted by atomic mass is 10.3. The number of benzene rings is 2. The van der Waals surface area contributed by atoms with Crippen LogP contribution in [0.2, 0.25) is 15.1 Å². The van der Waals surface area contributed by atoms with Crippen molar-refractivity contribution in [3.05, 3.63) is 51.5 Å². The molecule has 8 heteroatoms. The number of carbonyl (C=O) groups is 1. The van der Waals surface area contributed by atoms with Crippen molar-refractivity contribution in [2.45, 2.75) is 5.16 Å². The summed E-state index contributed by atoms with van der Waals surface area (Å²) in [6.45, 7) is 0. The fraction of sp³-hybridized carbons (Fsp3) is 0.0667. The average Bonchev–Trinajstić information content (AvgIpc) is 2.86. The van der Waals surface area contributed by atoms with E-state index in [9.17, 15) is 4.79 Å². The normalized spacial score (nSPS) is 10.9. The third kappa shape index (κ3) is 4.32. The van der Waals surface area contributed by atoms with Crippen molar-refractivity contribution in [1.82, 2.24) is 9.97 Å². The van der Waals surface area contributed by atoms with E-state index in [-0.39, 0.29) is 11.7 Å². The third-order valence-electron chi connectivity index (χ3n) is 2.91. The van der Waals surface area contributed by atoms with Gasteiger partial charge in [0.05, 0.1) is 16.8 Å². The highest BCUT2D eigenvalue weighted by Gasteiger charge is 2.08. The van der Waals surface area contributed by atoms with Crippen LogP contribution in [-0.2, 0) is 4.79 Å². The number of amides is 1. The lowest BCUT2D eigenvalue weighted by Crippen LogP contribution is -2.14. The molecule has 2 aromatic carbocycles. The van der Waals surface area contributed by atoms with Crippen molar-refractivity contribution < 1.29 is 4.79 Å². The smallest absolute Gasteiger partial charge is 0.234 e. The Morgan fingerprint density at radius 1 is 1.09 bits per heavy atom. The Hall–Kier alpha value is -1.40. The van der Waals surface area contributed by atoms with Gasteiger partial charge in [-0.2, -0.15) is 0 Å². The fourth-order valence-corrected chi connectivity index (χ4v) is 3.37. The zero-order chi connectivity index (χ0) is 16.4. The van der Waals surface area contributed by atoms with Crippen LogP contribution in [0.4, 0.5) is 5.69 Å². The second-order valence-electron chi connectivity index (χ2n) is 4.70. The fourth-order valence-electron chi connectivity index (χ4n) is 1.98. The minimum Gasteiger partial charge on any atom is -0.333 e. The molecule has 4 nitrogen and oxygen atoms in total. The number of hydrogen-bond donors (Lipinski definition) is 2. The van der Waals surface area contributed by atoms with Crippen molar-refractivity contribution >= 4 is 69.2 Å². The molecule has 0 aliphatic heterocycles. The summed E-state index contributed by atoms with van der Waals surface area (Å²) in [5.41, 5.74) is 2.20. The Bertz CT molecular complexity index is 861. The number of aromatic nitrogens is 2. The molecule has 0 atom stereocenters. The van der Waals surface area contributed by atoms with Gasteiger partial charge in [0.25, 0.3) is 0 Å². The van der Waals surface area contributed by atoms with Crippen molar-refractivity contribution in [3.63, 3.8) is 0 Å². The molecule has 0 fully saturated rings. The molecule has 0 aliphatic carbocycles. The summed E-state index contributed by atoms with van der Waals surface area (Å²) >= 11 is 19.0. The first kappa shape index (κ1) is 16.5. The van der Waals surface area contributed by atoms with Gasteiger partial charge in [0.1, 0.15) is 0 Å². The summed E-state index contributed by atoms with van der Waals surface area (Å²) in [4.78, 5) is 19.5. The van der Waals surface area contributed by atoms with E-state index >= 15 is 0 Å². The highest BCUT2D eigenvalue weighted by atomic mass is 35.5. The Balaban J connectivity index is 1.63. The van der Waals surface area contributed by atoms with Gasteiger partial charge >= 0.3 is 0 Å². The van der Waals surface area contributed by atoms with E-state index in [1.54, 1.807) is 30.3 Å². The van der Waals surface area contributed by atoms with Gasteiger partial charge in [-0.3, -0.25) is 4.79 Å². The summed E-state index contributed by atoms with van der Waals surface area (Å²) in [6, 6.07) is 10.3. The SMILES string of the molecule is O=C(CSc1nc2ccc(Cl)cc2[nH]1)Nc1cc(Cl)cc(Cl)c1. The lowest BCUT2D eigenvalue weighted by molar-refractivity contribution is -0.113. The van der Waals surface area contributed by atoms with Gasteiger partial charge in [-0.15, -0.1) is 0 Å². The van der Waals surface area contributed by atoms with E-state index in [1.807, 2.05) is 6.07 Å². The maximum absolute atomic E-state index is 12.0. The first-order chi connectivity index (χ1) is 11.0. The number of H-pyrrole nitrogens is 1. The molecule has 2 N–H and O–H groups in total. The van der Waals surface area contributed by atoms with Crippen LogP contribution < -0.4 is 5.32 Å². The molecule has 0 aliphatic rings. The Labute approximate surface area is 151 Å². The molecule has 1 amide bonds. The van der Waals surface area contributed by atoms with Crippen LogP contribution in [0.15, 0.2) is 41.6 Å². The third-order valence-corrected chi connectivity index (χ3v) is 4.45. The molecule has 1 aromatic heterocycles. The predicted octanol–water partition coefficient (Wildman–Crippen LogP) is 5.25. The standard InChI is InChI=1S/C15H10Cl3N3OS/c16-8-1-2-12-13(6-8)21-15(20-12)23-7-14(22)19-11-4-9(17)3-10(18)5-11/h1-6H,7H2,(H,19,22)(H,20,21). The zero-order valence-corrected chi connectivity index (χ0v) is 14.7. The van der Waals surface area contributed by atoms with Crippen LogP contribution in [0.5, 0.6) is 0 Å². The maximum Gasteiger partial charge on any atom is 0.234 e. The number of thioether (sulfide) groups is 1. The van der Waals surface area contributed by atoms with Crippen LogP contribution in [0.1, 0.15) is 0 Å². The van der Waals surface area contributed by atoms with Crippen LogP contribution in [0, 0.1) is 0 Å². The predicted molar refractivity (Wildman–Crippen MR) is 96.9 cm³/mol. The number of aromatic amines is 1. The molecule has 0 radical (unpaired) electrons. The second kappa shape index (κ2) is 7.01. The molecule has 23 heavy (non-hydrogen) atoms. The van der Waals surface area contributed by atoms with Crippen molar-refractivity contribution in [3.8, 4) is 0 Å². The van der Waals surface area contributed by atoms with Crippen molar-refractivity contribution in [2.24, 2.45) is 0 Å². The molecule has 3 aromatic rings. The molecular formula is C15H10Cl3N3OS. The Kier molecular flexibility index (Phi) is 5.02. The topological polar surface area (TPSA) is 57.8 Å². The number of nitrogens with one attached hydrogen (secondary N) is 2. The second-order valence-corrected chi connectivity index (χ2v) is 6.97. The number of anilines is 1. The highest BCUT2D eigenvalue weighted by molar-refractivity contribution is 7.99. The first-order valence-electron chi connectivity index (χ1n) is 6.53. The highest BCUT2D eigenvalue weighted by Crippen LogP contribution is 2.24. The van der Waals surface area contributed by atoms with Gasteiger partial charge in [-0.25, -0.2) is 4.98 Å². The first-order valence-corrected chi connectivity index (χ1v) is 8.65. The quantitative estimate of drug-likeness (QED) is 0.602. The van der Waals surface area contributed by atoms with E-state index in [4.69, 9.17) is 34.8 Å². The van der Waals surface area contributed by atoms with Gasteiger partial charge < -0.3 is 10.3 Å². The molecular weight excluding hydrogens is 377 g/mol. The van der Waals surface area contributed by atoms with Gasteiger partial charge in [0.15, 0.2) is 5.16 Å². The van der Waals surface area contributed by atoms with E-state index in [1.165, 1.54) is 11.8 Å². The number of imidazole rings is 1. The number of hydrogen-bond acceptors (Lipinski definition) is 3. The molecule has 0 saturated carbocycles. The van der Waals surface area contributed by atoms with Crippen LogP contribution in [0.25, 0.3) is 11.0 Å². The largest absolute Gasteiger partial charge is 0.333 e. The van der Waals surface area contributed by atoms with Crippen molar-refractivity contribution in [2.75, 3.05) is 11.1 Å². The lowest BCUT2D eigenvalue weighted by Gasteiger charge is -2.05. The summed E-state index contributed by atoms with van der Waals surface area (Å²) in [7, 11) is 0. The summed E-state index contributed by atoms with van der Waals surface area (Å²) in [6.07, 6.45) is 0. The number of nitrogens with zero attached hydrogens (tertiary/aromatic N) is 1. The average molecular weight is 387 g/mol. The van der Waals surface area contributed by atoms with E-state index in [0.717, 1.165) is 11.0 Å². The molecule has 0 bridgehead atoms. The van der Waals surface area contributed by atoms with Crippen LogP contribution in [0.3, 0.4) is 0 Å². The number of fused-ring (bicyclic) bond motifs is 1. The summed E-state index contributed by atoms with van der Waals surface area (Å²) in [5.74, 6) is 0.0318. The minimum atomic E-state index is -0.174. The summed E-state index contributed by atoms with van der Waals surface area (Å²) in [5, 5.41) is 4.97. The molecule has 0 saturated heterocycles. The molecule has 0 unspecified atom stereocenters. The Morgan fingerprint density at radius 2 is 1.83 bits per heavy atom. The minimum absolute atomic E-state index is 0.174. The zero-order valence-electron chi connectivity index (χ0n) is 11.6. The van der Waals surface area contributed by atoms with Gasteiger partial charge in [-0.05, 0) is 36.4 Å². The molecule has 0 spiro atoms. The van der Waals surface area contributed by atoms with Gasteiger partial charge in [-0.1, -0.05) is 46.6 Å². The molecule has 1 heterocycles. The van der Waals surface area contributed by atoms with E-state index in [0.29, 0.717) is 25.9 Å². The van der Waals surface area contributed by atoms with Crippen LogP contribution in [-0.4, -0.2) is 21.6 Å². The number of carbonyl (C=O) groups excluding carboxylic acids is 1. The summed E-state index contributed by atoms with van der Waals surface area (Å²) < 4.78 is 0. The van der Waals surface area contributed by atoms with Gasteiger partial charge in [0, 0.05) is 20.8 Å². The molecule has 118 valence electrons. The van der Waals surface area contributed by atoms with Gasteiger partial charge in [0.2, 0.25) is 5.91 Å². The van der Waals surface area contributed by atoms with Crippen molar-refractivity contribution in [1.29, 1.82) is 0 Å². The van der Waals surface area contributed by atoms with Crippen LogP contribution >= 0.6 is 46.6 Å². The number of halogens is 3. The number of rotatable bonds is 4. The Morgan fingerprint density at radius 3 is 2.57 bits per heavy atom.